The Labute approximate surface area is 147 Å². The highest BCUT2D eigenvalue weighted by Gasteiger charge is 2.15. The maximum absolute atomic E-state index is 12.2. The average molecular weight is 341 g/mol. The Hall–Kier alpha value is -3.02. The minimum absolute atomic E-state index is 0.187. The maximum atomic E-state index is 12.2. The van der Waals surface area contributed by atoms with E-state index in [0.717, 1.165) is 17.0 Å². The normalized spacial score (nSPS) is 11.9. The van der Waals surface area contributed by atoms with Gasteiger partial charge in [-0.25, -0.2) is 5.43 Å². The zero-order chi connectivity index (χ0) is 18.1. The number of benzene rings is 2. The lowest BCUT2D eigenvalue weighted by Crippen LogP contribution is -2.36. The Kier molecular flexibility index (Phi) is 6.83. The highest BCUT2D eigenvalue weighted by Crippen LogP contribution is 2.17. The van der Waals surface area contributed by atoms with E-state index in [0.29, 0.717) is 13.0 Å². The van der Waals surface area contributed by atoms with Crippen molar-refractivity contribution in [1.82, 2.24) is 5.43 Å². The molecule has 0 fully saturated rings. The number of aromatic hydroxyl groups is 1. The molecule has 2 aromatic rings. The molecule has 0 unspecified atom stereocenters. The largest absolute Gasteiger partial charge is 0.508 e. The lowest BCUT2D eigenvalue weighted by Gasteiger charge is -2.16. The maximum Gasteiger partial charge on any atom is 0.262 e. The fourth-order valence-electron chi connectivity index (χ4n) is 2.18. The van der Waals surface area contributed by atoms with Crippen molar-refractivity contribution < 1.29 is 14.6 Å². The van der Waals surface area contributed by atoms with Crippen LogP contribution in [0.5, 0.6) is 11.5 Å². The van der Waals surface area contributed by atoms with Crippen LogP contribution in [0.25, 0.3) is 0 Å². The lowest BCUT2D eigenvalue weighted by atomic mass is 10.2. The van der Waals surface area contributed by atoms with Crippen LogP contribution in [0, 0.1) is 0 Å². The number of carbonyl (C=O) groups is 1. The third-order valence-corrected chi connectivity index (χ3v) is 3.51. The third-order valence-electron chi connectivity index (χ3n) is 3.51. The van der Waals surface area contributed by atoms with Crippen molar-refractivity contribution >= 4 is 17.8 Å². The van der Waals surface area contributed by atoms with Gasteiger partial charge in [0.05, 0.1) is 12.8 Å². The zero-order valence-electron chi connectivity index (χ0n) is 14.4. The van der Waals surface area contributed by atoms with Gasteiger partial charge in [-0.15, -0.1) is 0 Å². The molecule has 0 radical (unpaired) electrons. The van der Waals surface area contributed by atoms with Crippen molar-refractivity contribution in [2.75, 3.05) is 11.9 Å². The van der Waals surface area contributed by atoms with Crippen LogP contribution >= 0.6 is 0 Å². The predicted molar refractivity (Wildman–Crippen MR) is 99.2 cm³/mol. The van der Waals surface area contributed by atoms with Crippen LogP contribution in [0.2, 0.25) is 0 Å². The first-order valence-corrected chi connectivity index (χ1v) is 8.23. The molecular formula is C19H23N3O3. The highest BCUT2D eigenvalue weighted by atomic mass is 16.5. The molecule has 1 atom stereocenters. The zero-order valence-corrected chi connectivity index (χ0v) is 14.4. The number of anilines is 1. The number of ether oxygens (including phenoxy) is 1. The van der Waals surface area contributed by atoms with Gasteiger partial charge in [-0.3, -0.25) is 4.79 Å². The van der Waals surface area contributed by atoms with E-state index in [2.05, 4.69) is 15.8 Å². The van der Waals surface area contributed by atoms with E-state index in [1.807, 2.05) is 38.1 Å². The Morgan fingerprint density at radius 2 is 1.84 bits per heavy atom. The molecule has 0 aromatic heterocycles. The van der Waals surface area contributed by atoms with E-state index in [1.54, 1.807) is 24.3 Å². The minimum Gasteiger partial charge on any atom is -0.508 e. The molecule has 0 aliphatic heterocycles. The van der Waals surface area contributed by atoms with Crippen molar-refractivity contribution in [1.29, 1.82) is 0 Å². The number of nitrogens with one attached hydrogen (secondary N) is 2. The Morgan fingerprint density at radius 3 is 2.44 bits per heavy atom. The molecule has 2 rings (SSSR count). The van der Waals surface area contributed by atoms with Gasteiger partial charge >= 0.3 is 0 Å². The summed E-state index contributed by atoms with van der Waals surface area (Å²) in [6.07, 6.45) is 2.15. The van der Waals surface area contributed by atoms with E-state index in [-0.39, 0.29) is 11.7 Å². The molecule has 0 heterocycles. The molecule has 0 bridgehead atoms. The smallest absolute Gasteiger partial charge is 0.262 e. The van der Waals surface area contributed by atoms with Gasteiger partial charge in [0.2, 0.25) is 0 Å². The number of phenolic OH excluding ortho intramolecular Hbond substituents is 1. The number of hydrazone groups is 1. The molecule has 6 heteroatoms. The molecule has 0 aliphatic rings. The van der Waals surface area contributed by atoms with Crippen LogP contribution in [0.4, 0.5) is 5.69 Å². The van der Waals surface area contributed by atoms with Gasteiger partial charge in [0.25, 0.3) is 5.91 Å². The summed E-state index contributed by atoms with van der Waals surface area (Å²) < 4.78 is 5.40. The molecular weight excluding hydrogens is 318 g/mol. The van der Waals surface area contributed by atoms with E-state index < -0.39 is 6.04 Å². The minimum atomic E-state index is -0.394. The number of phenols is 1. The fourth-order valence-corrected chi connectivity index (χ4v) is 2.18. The summed E-state index contributed by atoms with van der Waals surface area (Å²) in [6, 6.07) is 13.6. The number of amides is 1. The lowest BCUT2D eigenvalue weighted by molar-refractivity contribution is -0.121. The van der Waals surface area contributed by atoms with Crippen LogP contribution < -0.4 is 15.5 Å². The Balaban J connectivity index is 1.90. The van der Waals surface area contributed by atoms with Gasteiger partial charge in [0, 0.05) is 5.69 Å². The summed E-state index contributed by atoms with van der Waals surface area (Å²) in [4.78, 5) is 12.2. The number of nitrogens with zero attached hydrogens (tertiary/aromatic N) is 1. The fraction of sp³-hybridized carbons (Fsp3) is 0.263. The van der Waals surface area contributed by atoms with E-state index in [9.17, 15) is 9.90 Å². The standard InChI is InChI=1S/C19H23N3O3/c1-3-18(21-15-7-11-17(12-8-15)25-4-2)19(24)22-20-13-14-5-9-16(23)10-6-14/h5-13,18,21,23H,3-4H2,1-2H3,(H,22,24)/t18-/m1/s1. The summed E-state index contributed by atoms with van der Waals surface area (Å²) in [5.41, 5.74) is 4.15. The summed E-state index contributed by atoms with van der Waals surface area (Å²) in [6.45, 7) is 4.48. The van der Waals surface area contributed by atoms with Gasteiger partial charge in [0.1, 0.15) is 17.5 Å². The SMILES string of the molecule is CCOc1ccc(N[C@H](CC)C(=O)NN=Cc2ccc(O)cc2)cc1. The van der Waals surface area contributed by atoms with Crippen LogP contribution in [0.3, 0.4) is 0 Å². The summed E-state index contributed by atoms with van der Waals surface area (Å²) in [5.74, 6) is 0.766. The van der Waals surface area contributed by atoms with E-state index in [1.165, 1.54) is 6.21 Å². The van der Waals surface area contributed by atoms with Crippen LogP contribution in [0.1, 0.15) is 25.8 Å². The van der Waals surface area contributed by atoms with Crippen LogP contribution in [-0.2, 0) is 4.79 Å². The van der Waals surface area contributed by atoms with Gasteiger partial charge < -0.3 is 15.2 Å². The molecule has 1 amide bonds. The van der Waals surface area contributed by atoms with Crippen molar-refractivity contribution in [2.24, 2.45) is 5.10 Å². The summed E-state index contributed by atoms with van der Waals surface area (Å²) in [5, 5.41) is 16.4. The molecule has 2 aromatic carbocycles. The Bertz CT molecular complexity index is 697. The number of carbonyl (C=O) groups excluding carboxylic acids is 1. The third kappa shape index (κ3) is 5.84. The quantitative estimate of drug-likeness (QED) is 0.509. The van der Waals surface area contributed by atoms with Crippen LogP contribution in [0.15, 0.2) is 53.6 Å². The summed E-state index contributed by atoms with van der Waals surface area (Å²) >= 11 is 0. The van der Waals surface area contributed by atoms with E-state index in [4.69, 9.17) is 4.74 Å². The highest BCUT2D eigenvalue weighted by molar-refractivity contribution is 5.86. The van der Waals surface area contributed by atoms with Crippen molar-refractivity contribution in [3.05, 3.63) is 54.1 Å². The first kappa shape index (κ1) is 18.3. The van der Waals surface area contributed by atoms with Crippen LogP contribution in [-0.4, -0.2) is 29.9 Å². The average Bonchev–Trinajstić information content (AvgIpc) is 2.63. The van der Waals surface area contributed by atoms with Crippen molar-refractivity contribution in [3.8, 4) is 11.5 Å². The second kappa shape index (κ2) is 9.32. The first-order chi connectivity index (χ1) is 12.1. The number of hydrogen-bond acceptors (Lipinski definition) is 5. The molecule has 132 valence electrons. The second-order valence-electron chi connectivity index (χ2n) is 5.39. The number of hydrogen-bond donors (Lipinski definition) is 3. The van der Waals surface area contributed by atoms with Gasteiger partial charge in [-0.1, -0.05) is 6.92 Å². The second-order valence-corrected chi connectivity index (χ2v) is 5.39. The predicted octanol–water partition coefficient (Wildman–Crippen LogP) is 3.13. The monoisotopic (exact) mass is 341 g/mol. The Morgan fingerprint density at radius 1 is 1.16 bits per heavy atom. The van der Waals surface area contributed by atoms with Gasteiger partial charge in [-0.05, 0) is 67.4 Å². The molecule has 25 heavy (non-hydrogen) atoms. The summed E-state index contributed by atoms with van der Waals surface area (Å²) in [7, 11) is 0. The van der Waals surface area contributed by atoms with E-state index >= 15 is 0 Å². The molecule has 0 saturated carbocycles. The van der Waals surface area contributed by atoms with Crippen molar-refractivity contribution in [3.63, 3.8) is 0 Å². The molecule has 0 aliphatic carbocycles. The topological polar surface area (TPSA) is 83.0 Å². The first-order valence-electron chi connectivity index (χ1n) is 8.23. The van der Waals surface area contributed by atoms with Gasteiger partial charge in [-0.2, -0.15) is 5.10 Å². The molecule has 0 saturated heterocycles. The molecule has 6 nitrogen and oxygen atoms in total. The molecule has 3 N–H and O–H groups in total. The number of rotatable bonds is 8. The van der Waals surface area contributed by atoms with Gasteiger partial charge in [0.15, 0.2) is 0 Å². The van der Waals surface area contributed by atoms with Crippen molar-refractivity contribution in [2.45, 2.75) is 26.3 Å². The molecule has 0 spiro atoms.